The Morgan fingerprint density at radius 1 is 1.19 bits per heavy atom. The minimum Gasteiger partial charge on any atom is -0.341 e. The lowest BCUT2D eigenvalue weighted by atomic mass is 9.98. The smallest absolute Gasteiger partial charge is 0.274 e. The Balaban J connectivity index is 1.73. The number of nitrogens with one attached hydrogen (secondary N) is 2. The number of hydrogen-bond acceptors (Lipinski definition) is 4. The van der Waals surface area contributed by atoms with Crippen molar-refractivity contribution in [2.45, 2.75) is 44.6 Å². The van der Waals surface area contributed by atoms with E-state index in [0.717, 1.165) is 32.2 Å². The van der Waals surface area contributed by atoms with Gasteiger partial charge in [0, 0.05) is 25.7 Å². The van der Waals surface area contributed by atoms with Gasteiger partial charge in [0.15, 0.2) is 0 Å². The van der Waals surface area contributed by atoms with Crippen LogP contribution in [0.25, 0.3) is 0 Å². The third-order valence-electron chi connectivity index (χ3n) is 4.34. The average molecular weight is 318 g/mol. The third-order valence-corrected chi connectivity index (χ3v) is 4.91. The van der Waals surface area contributed by atoms with Crippen molar-refractivity contribution in [2.75, 3.05) is 26.2 Å². The van der Waals surface area contributed by atoms with Crippen molar-refractivity contribution in [3.05, 3.63) is 0 Å². The van der Waals surface area contributed by atoms with Crippen LogP contribution in [0, 0.1) is 5.92 Å². The Hall–Kier alpha value is -0.700. The summed E-state index contributed by atoms with van der Waals surface area (Å²) >= 11 is 0. The van der Waals surface area contributed by atoms with Gasteiger partial charge in [0.05, 0.1) is 6.54 Å². The number of carbonyl (C=O) groups is 1. The average Bonchev–Trinajstić information content (AvgIpc) is 2.95. The zero-order valence-electron chi connectivity index (χ0n) is 12.4. The first kappa shape index (κ1) is 16.7. The zero-order chi connectivity index (χ0) is 15.3. The van der Waals surface area contributed by atoms with Crippen LogP contribution in [0.1, 0.15) is 38.5 Å². The molecule has 0 spiro atoms. The van der Waals surface area contributed by atoms with Crippen molar-refractivity contribution in [3.63, 3.8) is 0 Å². The molecule has 1 aliphatic carbocycles. The number of nitrogens with two attached hydrogens (primary N) is 1. The molecule has 0 radical (unpaired) electrons. The van der Waals surface area contributed by atoms with Crippen LogP contribution in [0.5, 0.6) is 0 Å². The standard InChI is InChI=1S/C13H26N4O3S/c14-21(19,20)16-8-11-4-3-7-17(10-11)13(18)9-15-12-5-1-2-6-12/h11-12,15-16H,1-10H2,(H2,14,19,20). The fourth-order valence-electron chi connectivity index (χ4n) is 3.17. The Labute approximate surface area is 126 Å². The lowest BCUT2D eigenvalue weighted by molar-refractivity contribution is -0.132. The van der Waals surface area contributed by atoms with E-state index in [0.29, 0.717) is 25.7 Å². The molecule has 1 aliphatic heterocycles. The predicted octanol–water partition coefficient (Wildman–Crippen LogP) is -0.450. The molecule has 1 saturated heterocycles. The van der Waals surface area contributed by atoms with E-state index in [9.17, 15) is 13.2 Å². The molecule has 1 saturated carbocycles. The van der Waals surface area contributed by atoms with Crippen LogP contribution in [0.2, 0.25) is 0 Å². The number of piperidine rings is 1. The summed E-state index contributed by atoms with van der Waals surface area (Å²) in [5.41, 5.74) is 0. The number of carbonyl (C=O) groups excluding carboxylic acids is 1. The van der Waals surface area contributed by atoms with Crippen molar-refractivity contribution < 1.29 is 13.2 Å². The highest BCUT2D eigenvalue weighted by atomic mass is 32.2. The van der Waals surface area contributed by atoms with Crippen molar-refractivity contribution in [3.8, 4) is 0 Å². The predicted molar refractivity (Wildman–Crippen MR) is 80.7 cm³/mol. The summed E-state index contributed by atoms with van der Waals surface area (Å²) in [5.74, 6) is 0.259. The minimum atomic E-state index is -3.65. The van der Waals surface area contributed by atoms with Crippen molar-refractivity contribution >= 4 is 16.1 Å². The molecule has 2 rings (SSSR count). The van der Waals surface area contributed by atoms with Crippen LogP contribution in [0.15, 0.2) is 0 Å². The second-order valence-electron chi connectivity index (χ2n) is 6.10. The molecule has 122 valence electrons. The Morgan fingerprint density at radius 3 is 2.57 bits per heavy atom. The Morgan fingerprint density at radius 2 is 1.90 bits per heavy atom. The van der Waals surface area contributed by atoms with Gasteiger partial charge in [-0.15, -0.1) is 0 Å². The zero-order valence-corrected chi connectivity index (χ0v) is 13.2. The van der Waals surface area contributed by atoms with E-state index in [-0.39, 0.29) is 11.8 Å². The van der Waals surface area contributed by atoms with Gasteiger partial charge < -0.3 is 10.2 Å². The number of rotatable bonds is 6. The van der Waals surface area contributed by atoms with Crippen LogP contribution in [0.3, 0.4) is 0 Å². The van der Waals surface area contributed by atoms with Gasteiger partial charge in [0.1, 0.15) is 0 Å². The number of nitrogens with zero attached hydrogens (tertiary/aromatic N) is 1. The van der Waals surface area contributed by atoms with Gasteiger partial charge in [-0.05, 0) is 31.6 Å². The highest BCUT2D eigenvalue weighted by Gasteiger charge is 2.25. The molecular formula is C13H26N4O3S. The Bertz CT molecular complexity index is 448. The molecule has 0 bridgehead atoms. The highest BCUT2D eigenvalue weighted by Crippen LogP contribution is 2.18. The highest BCUT2D eigenvalue weighted by molar-refractivity contribution is 7.87. The van der Waals surface area contributed by atoms with Gasteiger partial charge in [-0.1, -0.05) is 12.8 Å². The second-order valence-corrected chi connectivity index (χ2v) is 7.48. The van der Waals surface area contributed by atoms with Gasteiger partial charge in [-0.25, -0.2) is 9.86 Å². The molecule has 21 heavy (non-hydrogen) atoms. The summed E-state index contributed by atoms with van der Waals surface area (Å²) in [5, 5.41) is 8.26. The van der Waals surface area contributed by atoms with E-state index >= 15 is 0 Å². The maximum Gasteiger partial charge on any atom is 0.274 e. The summed E-state index contributed by atoms with van der Waals surface area (Å²) in [6, 6.07) is 0.485. The molecule has 7 nitrogen and oxygen atoms in total. The monoisotopic (exact) mass is 318 g/mol. The lowest BCUT2D eigenvalue weighted by Gasteiger charge is -2.33. The second kappa shape index (κ2) is 7.53. The van der Waals surface area contributed by atoms with Crippen molar-refractivity contribution in [2.24, 2.45) is 11.1 Å². The first-order valence-electron chi connectivity index (χ1n) is 7.72. The van der Waals surface area contributed by atoms with Crippen LogP contribution in [-0.4, -0.2) is 51.4 Å². The van der Waals surface area contributed by atoms with Gasteiger partial charge >= 0.3 is 0 Å². The molecule has 2 aliphatic rings. The number of amides is 1. The summed E-state index contributed by atoms with van der Waals surface area (Å²) < 4.78 is 24.2. The third kappa shape index (κ3) is 5.90. The van der Waals surface area contributed by atoms with Gasteiger partial charge in [-0.2, -0.15) is 8.42 Å². The molecule has 0 aromatic carbocycles. The van der Waals surface area contributed by atoms with E-state index in [1.807, 2.05) is 4.90 Å². The van der Waals surface area contributed by atoms with E-state index in [2.05, 4.69) is 10.0 Å². The summed E-state index contributed by atoms with van der Waals surface area (Å²) in [6.45, 7) is 2.06. The van der Waals surface area contributed by atoms with Gasteiger partial charge in [0.25, 0.3) is 10.2 Å². The molecule has 4 N–H and O–H groups in total. The van der Waals surface area contributed by atoms with Gasteiger partial charge in [-0.3, -0.25) is 4.79 Å². The first-order valence-corrected chi connectivity index (χ1v) is 9.27. The normalized spacial score (nSPS) is 24.4. The summed E-state index contributed by atoms with van der Waals surface area (Å²) in [4.78, 5) is 14.0. The molecule has 1 atom stereocenters. The van der Waals surface area contributed by atoms with Crippen LogP contribution in [0.4, 0.5) is 0 Å². The lowest BCUT2D eigenvalue weighted by Crippen LogP contribution is -2.48. The first-order chi connectivity index (χ1) is 9.94. The number of hydrogen-bond donors (Lipinski definition) is 3. The van der Waals surface area contributed by atoms with Crippen LogP contribution < -0.4 is 15.2 Å². The quantitative estimate of drug-likeness (QED) is 0.617. The summed E-state index contributed by atoms with van der Waals surface area (Å²) in [6.07, 6.45) is 6.64. The molecule has 8 heteroatoms. The van der Waals surface area contributed by atoms with E-state index < -0.39 is 10.2 Å². The summed E-state index contributed by atoms with van der Waals surface area (Å²) in [7, 11) is -3.65. The van der Waals surface area contributed by atoms with Crippen molar-refractivity contribution in [1.82, 2.24) is 14.9 Å². The van der Waals surface area contributed by atoms with Crippen LogP contribution in [-0.2, 0) is 15.0 Å². The van der Waals surface area contributed by atoms with Crippen molar-refractivity contribution in [1.29, 1.82) is 0 Å². The fraction of sp³-hybridized carbons (Fsp3) is 0.923. The molecule has 0 aromatic heterocycles. The van der Waals surface area contributed by atoms with Crippen LogP contribution >= 0.6 is 0 Å². The molecule has 1 amide bonds. The van der Waals surface area contributed by atoms with E-state index in [1.54, 1.807) is 0 Å². The number of likely N-dealkylation sites (tertiary alicyclic amines) is 1. The molecule has 1 heterocycles. The minimum absolute atomic E-state index is 0.113. The SMILES string of the molecule is NS(=O)(=O)NCC1CCCN(C(=O)CNC2CCCC2)C1. The topological polar surface area (TPSA) is 105 Å². The molecule has 0 aromatic rings. The van der Waals surface area contributed by atoms with E-state index in [4.69, 9.17) is 5.14 Å². The molecular weight excluding hydrogens is 292 g/mol. The maximum absolute atomic E-state index is 12.2. The largest absolute Gasteiger partial charge is 0.341 e. The Kier molecular flexibility index (Phi) is 5.98. The molecule has 2 fully saturated rings. The van der Waals surface area contributed by atoms with Gasteiger partial charge in [0.2, 0.25) is 5.91 Å². The van der Waals surface area contributed by atoms with E-state index in [1.165, 1.54) is 12.8 Å². The fourth-order valence-corrected chi connectivity index (χ4v) is 3.63. The maximum atomic E-state index is 12.2. The molecule has 1 unspecified atom stereocenters.